The van der Waals surface area contributed by atoms with Crippen molar-refractivity contribution in [2.75, 3.05) is 6.54 Å². The van der Waals surface area contributed by atoms with Gasteiger partial charge in [0.15, 0.2) is 6.10 Å². The Labute approximate surface area is 137 Å². The van der Waals surface area contributed by atoms with E-state index in [2.05, 4.69) is 10.6 Å². The summed E-state index contributed by atoms with van der Waals surface area (Å²) in [7, 11) is 0. The minimum Gasteiger partial charge on any atom is -0.444 e. The maximum absolute atomic E-state index is 12.0. The number of carbonyl (C=O) groups excluding carboxylic acids is 2. The average Bonchev–Trinajstić information content (AvgIpc) is 2.45. The molecule has 6 nitrogen and oxygen atoms in total. The Balaban J connectivity index is 2.83. The lowest BCUT2D eigenvalue weighted by Gasteiger charge is -2.26. The Morgan fingerprint density at radius 2 is 1.83 bits per heavy atom. The molecule has 0 saturated heterocycles. The van der Waals surface area contributed by atoms with Crippen LogP contribution in [0.3, 0.4) is 0 Å². The van der Waals surface area contributed by atoms with Gasteiger partial charge in [-0.1, -0.05) is 30.3 Å². The summed E-state index contributed by atoms with van der Waals surface area (Å²) >= 11 is 0. The summed E-state index contributed by atoms with van der Waals surface area (Å²) in [5.41, 5.74) is 0.245. The van der Waals surface area contributed by atoms with Crippen molar-refractivity contribution in [3.63, 3.8) is 0 Å². The molecule has 2 atom stereocenters. The highest BCUT2D eigenvalue weighted by Gasteiger charge is 2.29. The maximum atomic E-state index is 12.0. The highest BCUT2D eigenvalue weighted by atomic mass is 16.6. The number of rotatable bonds is 6. The molecule has 23 heavy (non-hydrogen) atoms. The van der Waals surface area contributed by atoms with E-state index in [1.54, 1.807) is 27.7 Å². The molecular weight excluding hydrogens is 296 g/mol. The van der Waals surface area contributed by atoms with Gasteiger partial charge in [0, 0.05) is 6.54 Å². The van der Waals surface area contributed by atoms with Crippen LogP contribution in [0, 0.1) is 0 Å². The normalized spacial score (nSPS) is 13.8. The number of ether oxygens (including phenoxy) is 1. The molecule has 0 aliphatic rings. The van der Waals surface area contributed by atoms with E-state index in [-0.39, 0.29) is 0 Å². The summed E-state index contributed by atoms with van der Waals surface area (Å²) in [5.74, 6) is -0.524. The molecule has 0 spiro atoms. The molecule has 0 saturated carbocycles. The van der Waals surface area contributed by atoms with E-state index in [1.165, 1.54) is 0 Å². The predicted molar refractivity (Wildman–Crippen MR) is 88.0 cm³/mol. The van der Waals surface area contributed by atoms with Gasteiger partial charge in [0.2, 0.25) is 0 Å². The molecule has 0 aliphatic carbocycles. The van der Waals surface area contributed by atoms with Gasteiger partial charge in [-0.3, -0.25) is 4.79 Å². The van der Waals surface area contributed by atoms with E-state index in [4.69, 9.17) is 4.74 Å². The number of hydrogen-bond acceptors (Lipinski definition) is 4. The van der Waals surface area contributed by atoms with E-state index >= 15 is 0 Å². The van der Waals surface area contributed by atoms with E-state index in [1.807, 2.05) is 30.3 Å². The van der Waals surface area contributed by atoms with Crippen LogP contribution in [0.25, 0.3) is 0 Å². The first-order chi connectivity index (χ1) is 10.7. The first-order valence-electron chi connectivity index (χ1n) is 7.72. The maximum Gasteiger partial charge on any atom is 0.407 e. The lowest BCUT2D eigenvalue weighted by Crippen LogP contribution is -2.52. The first-order valence-corrected chi connectivity index (χ1v) is 7.72. The number of benzene rings is 1. The largest absolute Gasteiger partial charge is 0.444 e. The third-order valence-corrected chi connectivity index (χ3v) is 3.00. The SMILES string of the molecule is CCNC(=O)[C@@H](O)C(Cc1ccccc1)NC(=O)OC(C)(C)C. The predicted octanol–water partition coefficient (Wildman–Crippen LogP) is 1.62. The van der Waals surface area contributed by atoms with Crippen LogP contribution in [0.1, 0.15) is 33.3 Å². The molecule has 3 N–H and O–H groups in total. The summed E-state index contributed by atoms with van der Waals surface area (Å²) < 4.78 is 5.20. The minimum absolute atomic E-state index is 0.318. The van der Waals surface area contributed by atoms with Crippen LogP contribution in [-0.2, 0) is 16.0 Å². The van der Waals surface area contributed by atoms with Crippen LogP contribution in [0.5, 0.6) is 0 Å². The Morgan fingerprint density at radius 1 is 1.22 bits per heavy atom. The zero-order valence-electron chi connectivity index (χ0n) is 14.1. The fraction of sp³-hybridized carbons (Fsp3) is 0.529. The van der Waals surface area contributed by atoms with Crippen LogP contribution < -0.4 is 10.6 Å². The van der Waals surface area contributed by atoms with Crippen molar-refractivity contribution in [2.24, 2.45) is 0 Å². The zero-order chi connectivity index (χ0) is 17.5. The highest BCUT2D eigenvalue weighted by Crippen LogP contribution is 2.10. The number of likely N-dealkylation sites (N-methyl/N-ethyl adjacent to an activating group) is 1. The van der Waals surface area contributed by atoms with Crippen LogP contribution in [0.4, 0.5) is 4.79 Å². The molecule has 0 bridgehead atoms. The molecule has 1 rings (SSSR count). The van der Waals surface area contributed by atoms with Crippen molar-refractivity contribution >= 4 is 12.0 Å². The second-order valence-corrected chi connectivity index (χ2v) is 6.28. The Kier molecular flexibility index (Phi) is 7.03. The molecule has 0 fully saturated rings. The van der Waals surface area contributed by atoms with Gasteiger partial charge in [-0.05, 0) is 39.7 Å². The Bertz CT molecular complexity index is 511. The second-order valence-electron chi connectivity index (χ2n) is 6.28. The topological polar surface area (TPSA) is 87.7 Å². The van der Waals surface area contributed by atoms with Gasteiger partial charge < -0.3 is 20.5 Å². The molecule has 1 aromatic rings. The molecule has 1 unspecified atom stereocenters. The number of hydrogen-bond donors (Lipinski definition) is 3. The number of nitrogens with one attached hydrogen (secondary N) is 2. The van der Waals surface area contributed by atoms with Gasteiger partial charge in [0.25, 0.3) is 5.91 Å². The standard InChI is InChI=1S/C17H26N2O4/c1-5-18-15(21)14(20)13(11-12-9-7-6-8-10-12)19-16(22)23-17(2,3)4/h6-10,13-14,20H,5,11H2,1-4H3,(H,18,21)(H,19,22)/t13?,14-/m0/s1. The van der Waals surface area contributed by atoms with Gasteiger partial charge in [-0.2, -0.15) is 0 Å². The number of aliphatic hydroxyl groups is 1. The molecule has 0 heterocycles. The molecule has 6 heteroatoms. The summed E-state index contributed by atoms with van der Waals surface area (Å²) in [6.45, 7) is 7.41. The van der Waals surface area contributed by atoms with Gasteiger partial charge in [0.05, 0.1) is 6.04 Å². The molecular formula is C17H26N2O4. The lowest BCUT2D eigenvalue weighted by atomic mass is 10.0. The number of carbonyl (C=O) groups is 2. The molecule has 0 radical (unpaired) electrons. The van der Waals surface area contributed by atoms with Crippen molar-refractivity contribution in [3.05, 3.63) is 35.9 Å². The fourth-order valence-corrected chi connectivity index (χ4v) is 2.03. The fourth-order valence-electron chi connectivity index (χ4n) is 2.03. The zero-order valence-corrected chi connectivity index (χ0v) is 14.1. The van der Waals surface area contributed by atoms with E-state index in [0.29, 0.717) is 13.0 Å². The van der Waals surface area contributed by atoms with Crippen molar-refractivity contribution in [1.29, 1.82) is 0 Å². The highest BCUT2D eigenvalue weighted by molar-refractivity contribution is 5.82. The van der Waals surface area contributed by atoms with Crippen molar-refractivity contribution in [3.8, 4) is 0 Å². The third-order valence-electron chi connectivity index (χ3n) is 3.00. The summed E-state index contributed by atoms with van der Waals surface area (Å²) in [4.78, 5) is 23.9. The number of amides is 2. The summed E-state index contributed by atoms with van der Waals surface area (Å²) in [6.07, 6.45) is -1.71. The Morgan fingerprint density at radius 3 is 2.35 bits per heavy atom. The number of alkyl carbamates (subject to hydrolysis) is 1. The second kappa shape index (κ2) is 8.53. The Hall–Kier alpha value is -2.08. The quantitative estimate of drug-likeness (QED) is 0.742. The molecule has 128 valence electrons. The lowest BCUT2D eigenvalue weighted by molar-refractivity contribution is -0.130. The van der Waals surface area contributed by atoms with E-state index < -0.39 is 29.7 Å². The first kappa shape index (κ1) is 19.0. The van der Waals surface area contributed by atoms with Gasteiger partial charge in [-0.25, -0.2) is 4.79 Å². The van der Waals surface area contributed by atoms with Crippen LogP contribution in [0.15, 0.2) is 30.3 Å². The number of aliphatic hydroxyl groups excluding tert-OH is 1. The van der Waals surface area contributed by atoms with E-state index in [0.717, 1.165) is 5.56 Å². The van der Waals surface area contributed by atoms with Crippen molar-refractivity contribution < 1.29 is 19.4 Å². The van der Waals surface area contributed by atoms with Gasteiger partial charge >= 0.3 is 6.09 Å². The third kappa shape index (κ3) is 7.15. The molecule has 0 aromatic heterocycles. The average molecular weight is 322 g/mol. The summed E-state index contributed by atoms with van der Waals surface area (Å²) in [5, 5.41) is 15.4. The minimum atomic E-state index is -1.36. The molecule has 2 amide bonds. The van der Waals surface area contributed by atoms with Crippen molar-refractivity contribution in [2.45, 2.75) is 51.9 Å². The summed E-state index contributed by atoms with van der Waals surface area (Å²) in [6, 6.07) is 8.55. The monoisotopic (exact) mass is 322 g/mol. The van der Waals surface area contributed by atoms with Crippen molar-refractivity contribution in [1.82, 2.24) is 10.6 Å². The van der Waals surface area contributed by atoms with Crippen LogP contribution in [-0.4, -0.2) is 41.4 Å². The van der Waals surface area contributed by atoms with Gasteiger partial charge in [-0.15, -0.1) is 0 Å². The van der Waals surface area contributed by atoms with Crippen LogP contribution >= 0.6 is 0 Å². The van der Waals surface area contributed by atoms with Crippen LogP contribution in [0.2, 0.25) is 0 Å². The smallest absolute Gasteiger partial charge is 0.407 e. The molecule has 1 aromatic carbocycles. The van der Waals surface area contributed by atoms with Gasteiger partial charge in [0.1, 0.15) is 5.60 Å². The molecule has 0 aliphatic heterocycles. The van der Waals surface area contributed by atoms with E-state index in [9.17, 15) is 14.7 Å².